The molecule has 1 amide bonds. The number of esters is 1. The van der Waals surface area contributed by atoms with Gasteiger partial charge >= 0.3 is 12.1 Å². The van der Waals surface area contributed by atoms with Crippen LogP contribution in [0.2, 0.25) is 0 Å². The molecule has 0 radical (unpaired) electrons. The van der Waals surface area contributed by atoms with Crippen LogP contribution in [-0.4, -0.2) is 25.6 Å². The van der Waals surface area contributed by atoms with E-state index >= 15 is 0 Å². The van der Waals surface area contributed by atoms with Gasteiger partial charge in [0.25, 0.3) is 5.91 Å². The summed E-state index contributed by atoms with van der Waals surface area (Å²) < 4.78 is 50.5. The molecular formula is C23H20F3NO4. The Hall–Kier alpha value is -3.55. The summed E-state index contributed by atoms with van der Waals surface area (Å²) in [4.78, 5) is 27.1. The highest BCUT2D eigenvalue weighted by Gasteiger charge is 2.39. The molecular weight excluding hydrogens is 411 g/mol. The van der Waals surface area contributed by atoms with Gasteiger partial charge in [-0.3, -0.25) is 9.69 Å². The molecule has 1 heterocycles. The average Bonchev–Trinajstić information content (AvgIpc) is 2.97. The first-order chi connectivity index (χ1) is 14.7. The molecule has 5 nitrogen and oxygen atoms in total. The number of halogens is 3. The minimum absolute atomic E-state index is 0.0543. The van der Waals surface area contributed by atoms with Gasteiger partial charge in [0.1, 0.15) is 5.75 Å². The largest absolute Gasteiger partial charge is 0.497 e. The summed E-state index contributed by atoms with van der Waals surface area (Å²) in [5.41, 5.74) is -0.645. The first-order valence-corrected chi connectivity index (χ1v) is 9.43. The van der Waals surface area contributed by atoms with Gasteiger partial charge in [0.05, 0.1) is 30.4 Å². The topological polar surface area (TPSA) is 55.8 Å². The van der Waals surface area contributed by atoms with Gasteiger partial charge in [-0.1, -0.05) is 18.2 Å². The van der Waals surface area contributed by atoms with E-state index in [-0.39, 0.29) is 29.0 Å². The molecule has 8 heteroatoms. The number of rotatable bonds is 5. The van der Waals surface area contributed by atoms with E-state index in [1.54, 1.807) is 38.1 Å². The highest BCUT2D eigenvalue weighted by molar-refractivity contribution is 6.23. The van der Waals surface area contributed by atoms with E-state index in [1.165, 1.54) is 30.2 Å². The Bertz CT molecular complexity index is 1070. The van der Waals surface area contributed by atoms with Crippen LogP contribution in [0.25, 0.3) is 6.08 Å². The van der Waals surface area contributed by atoms with E-state index in [0.717, 1.165) is 12.1 Å². The van der Waals surface area contributed by atoms with Crippen molar-refractivity contribution in [3.05, 3.63) is 76.5 Å². The molecule has 1 aliphatic heterocycles. The van der Waals surface area contributed by atoms with Gasteiger partial charge in [-0.25, -0.2) is 4.79 Å². The number of carbonyl (C=O) groups is 2. The SMILES string of the molecule is CCOC(=O)C1=C(C)N(c2ccc(OC)cc2)C(=O)/C1=C\c1ccccc1C(F)(F)F. The number of ether oxygens (including phenoxy) is 2. The molecule has 0 fully saturated rings. The Kier molecular flexibility index (Phi) is 6.19. The van der Waals surface area contributed by atoms with Gasteiger partial charge in [-0.15, -0.1) is 0 Å². The van der Waals surface area contributed by atoms with E-state index in [0.29, 0.717) is 11.4 Å². The number of carbonyl (C=O) groups excluding carboxylic acids is 2. The van der Waals surface area contributed by atoms with E-state index < -0.39 is 23.6 Å². The number of hydrogen-bond donors (Lipinski definition) is 0. The maximum absolute atomic E-state index is 13.4. The molecule has 0 saturated heterocycles. The second-order valence-corrected chi connectivity index (χ2v) is 6.66. The second-order valence-electron chi connectivity index (χ2n) is 6.66. The van der Waals surface area contributed by atoms with Gasteiger partial charge in [0, 0.05) is 11.4 Å². The smallest absolute Gasteiger partial charge is 0.416 e. The molecule has 162 valence electrons. The van der Waals surface area contributed by atoms with Crippen molar-refractivity contribution in [3.63, 3.8) is 0 Å². The first-order valence-electron chi connectivity index (χ1n) is 9.43. The van der Waals surface area contributed by atoms with Crippen molar-refractivity contribution in [1.29, 1.82) is 0 Å². The van der Waals surface area contributed by atoms with Crippen LogP contribution >= 0.6 is 0 Å². The lowest BCUT2D eigenvalue weighted by Crippen LogP contribution is -2.24. The second kappa shape index (κ2) is 8.67. The van der Waals surface area contributed by atoms with E-state index in [2.05, 4.69) is 0 Å². The van der Waals surface area contributed by atoms with Crippen LogP contribution in [-0.2, 0) is 20.5 Å². The number of nitrogens with zero attached hydrogens (tertiary/aromatic N) is 1. The number of methoxy groups -OCH3 is 1. The summed E-state index contributed by atoms with van der Waals surface area (Å²) in [6.45, 7) is 3.21. The van der Waals surface area contributed by atoms with Crippen LogP contribution in [0, 0.1) is 0 Å². The third-order valence-electron chi connectivity index (χ3n) is 4.78. The summed E-state index contributed by atoms with van der Waals surface area (Å²) >= 11 is 0. The number of anilines is 1. The van der Waals surface area contributed by atoms with Crippen molar-refractivity contribution in [1.82, 2.24) is 0 Å². The van der Waals surface area contributed by atoms with E-state index in [1.807, 2.05) is 0 Å². The molecule has 2 aromatic rings. The minimum atomic E-state index is -4.62. The molecule has 31 heavy (non-hydrogen) atoms. The number of amides is 1. The fraction of sp³-hybridized carbons (Fsp3) is 0.217. The number of hydrogen-bond acceptors (Lipinski definition) is 4. The van der Waals surface area contributed by atoms with E-state index in [9.17, 15) is 22.8 Å². The lowest BCUT2D eigenvalue weighted by atomic mass is 10.00. The number of benzene rings is 2. The van der Waals surface area contributed by atoms with Crippen molar-refractivity contribution >= 4 is 23.6 Å². The molecule has 1 aliphatic rings. The molecule has 0 bridgehead atoms. The van der Waals surface area contributed by atoms with Crippen molar-refractivity contribution in [2.24, 2.45) is 0 Å². The van der Waals surface area contributed by atoms with Crippen LogP contribution in [0.1, 0.15) is 25.0 Å². The average molecular weight is 431 g/mol. The van der Waals surface area contributed by atoms with Crippen molar-refractivity contribution in [3.8, 4) is 5.75 Å². The maximum Gasteiger partial charge on any atom is 0.416 e. The zero-order valence-corrected chi connectivity index (χ0v) is 17.1. The van der Waals surface area contributed by atoms with Crippen LogP contribution in [0.4, 0.5) is 18.9 Å². The maximum atomic E-state index is 13.4. The fourth-order valence-corrected chi connectivity index (χ4v) is 3.36. The third kappa shape index (κ3) is 4.33. The zero-order valence-electron chi connectivity index (χ0n) is 17.1. The highest BCUT2D eigenvalue weighted by Crippen LogP contribution is 2.38. The Labute approximate surface area is 177 Å². The van der Waals surface area contributed by atoms with Crippen LogP contribution in [0.5, 0.6) is 5.75 Å². The zero-order chi connectivity index (χ0) is 22.8. The molecule has 0 saturated carbocycles. The summed E-state index contributed by atoms with van der Waals surface area (Å²) in [5.74, 6) is -0.833. The Morgan fingerprint density at radius 1 is 1.10 bits per heavy atom. The Morgan fingerprint density at radius 2 is 1.74 bits per heavy atom. The fourth-order valence-electron chi connectivity index (χ4n) is 3.36. The number of allylic oxidation sites excluding steroid dienone is 1. The molecule has 0 N–H and O–H groups in total. The quantitative estimate of drug-likeness (QED) is 0.495. The van der Waals surface area contributed by atoms with Crippen LogP contribution in [0.15, 0.2) is 65.4 Å². The van der Waals surface area contributed by atoms with Gasteiger partial charge < -0.3 is 9.47 Å². The van der Waals surface area contributed by atoms with Gasteiger partial charge in [0.15, 0.2) is 0 Å². The van der Waals surface area contributed by atoms with Crippen molar-refractivity contribution in [2.75, 3.05) is 18.6 Å². The van der Waals surface area contributed by atoms with Crippen LogP contribution < -0.4 is 9.64 Å². The molecule has 0 spiro atoms. The lowest BCUT2D eigenvalue weighted by Gasteiger charge is -2.18. The lowest BCUT2D eigenvalue weighted by molar-refractivity contribution is -0.138. The predicted molar refractivity (Wildman–Crippen MR) is 109 cm³/mol. The summed E-state index contributed by atoms with van der Waals surface area (Å²) in [7, 11) is 1.50. The van der Waals surface area contributed by atoms with E-state index in [4.69, 9.17) is 9.47 Å². The predicted octanol–water partition coefficient (Wildman–Crippen LogP) is 4.98. The first kappa shape index (κ1) is 22.1. The minimum Gasteiger partial charge on any atom is -0.497 e. The van der Waals surface area contributed by atoms with Crippen molar-refractivity contribution in [2.45, 2.75) is 20.0 Å². The molecule has 0 atom stereocenters. The van der Waals surface area contributed by atoms with Crippen LogP contribution in [0.3, 0.4) is 0 Å². The summed E-state index contributed by atoms with van der Waals surface area (Å²) in [5, 5.41) is 0. The Balaban J connectivity index is 2.16. The molecule has 0 aliphatic carbocycles. The standard InChI is InChI=1S/C23H20F3NO4/c1-4-31-22(29)20-14(2)27(16-9-11-17(30-3)12-10-16)21(28)18(20)13-15-7-5-6-8-19(15)23(24,25)26/h5-13H,4H2,1-3H3/b18-13-. The highest BCUT2D eigenvalue weighted by atomic mass is 19.4. The summed E-state index contributed by atoms with van der Waals surface area (Å²) in [6.07, 6.45) is -3.53. The van der Waals surface area contributed by atoms with Gasteiger partial charge in [-0.2, -0.15) is 13.2 Å². The molecule has 0 aromatic heterocycles. The summed E-state index contributed by atoms with van der Waals surface area (Å²) in [6, 6.07) is 11.4. The number of alkyl halides is 3. The van der Waals surface area contributed by atoms with Crippen molar-refractivity contribution < 1.29 is 32.2 Å². The monoisotopic (exact) mass is 431 g/mol. The third-order valence-corrected chi connectivity index (χ3v) is 4.78. The Morgan fingerprint density at radius 3 is 2.32 bits per heavy atom. The molecule has 3 rings (SSSR count). The molecule has 2 aromatic carbocycles. The normalized spacial score (nSPS) is 15.6. The van der Waals surface area contributed by atoms with Gasteiger partial charge in [-0.05, 0) is 55.8 Å². The molecule has 0 unspecified atom stereocenters. The van der Waals surface area contributed by atoms with Gasteiger partial charge in [0.2, 0.25) is 0 Å².